The molecule has 1 unspecified atom stereocenters. The van der Waals surface area contributed by atoms with Crippen molar-refractivity contribution in [3.05, 3.63) is 57.4 Å². The predicted octanol–water partition coefficient (Wildman–Crippen LogP) is 4.05. The molecular weight excluding hydrogens is 354 g/mol. The standard InChI is InChI=1S/C15H14FIN2/c16-12-6-14-15(7-13(12)17)19-9-11(8-18-14)10-4-2-1-3-5-10/h1-7,11,18-19H,8-9H2. The fourth-order valence-corrected chi connectivity index (χ4v) is 2.81. The molecule has 1 aliphatic rings. The first-order chi connectivity index (χ1) is 9.24. The van der Waals surface area contributed by atoms with E-state index in [-0.39, 0.29) is 5.82 Å². The molecule has 2 aromatic carbocycles. The van der Waals surface area contributed by atoms with Crippen molar-refractivity contribution < 1.29 is 4.39 Å². The van der Waals surface area contributed by atoms with Crippen LogP contribution in [0.2, 0.25) is 0 Å². The van der Waals surface area contributed by atoms with Crippen LogP contribution in [0.4, 0.5) is 15.8 Å². The van der Waals surface area contributed by atoms with Crippen molar-refractivity contribution in [2.75, 3.05) is 23.7 Å². The summed E-state index contributed by atoms with van der Waals surface area (Å²) in [5.74, 6) is 0.209. The van der Waals surface area contributed by atoms with Gasteiger partial charge in [0.1, 0.15) is 5.82 Å². The van der Waals surface area contributed by atoms with Crippen LogP contribution >= 0.6 is 22.6 Å². The first-order valence-electron chi connectivity index (χ1n) is 6.26. The van der Waals surface area contributed by atoms with E-state index in [2.05, 4.69) is 34.9 Å². The van der Waals surface area contributed by atoms with Gasteiger partial charge in [0.15, 0.2) is 0 Å². The molecule has 0 saturated heterocycles. The lowest BCUT2D eigenvalue weighted by Gasteiger charge is -2.14. The van der Waals surface area contributed by atoms with Crippen molar-refractivity contribution in [3.8, 4) is 0 Å². The number of hydrogen-bond acceptors (Lipinski definition) is 2. The fraction of sp³-hybridized carbons (Fsp3) is 0.200. The van der Waals surface area contributed by atoms with Gasteiger partial charge in [-0.1, -0.05) is 30.3 Å². The van der Waals surface area contributed by atoms with Crippen molar-refractivity contribution in [1.82, 2.24) is 0 Å². The van der Waals surface area contributed by atoms with Crippen LogP contribution in [0.25, 0.3) is 0 Å². The average molecular weight is 368 g/mol. The maximum Gasteiger partial charge on any atom is 0.138 e. The highest BCUT2D eigenvalue weighted by molar-refractivity contribution is 14.1. The van der Waals surface area contributed by atoms with Gasteiger partial charge in [0.05, 0.1) is 14.9 Å². The van der Waals surface area contributed by atoms with Crippen molar-refractivity contribution in [3.63, 3.8) is 0 Å². The minimum atomic E-state index is -0.174. The molecule has 1 atom stereocenters. The van der Waals surface area contributed by atoms with E-state index in [1.807, 2.05) is 34.7 Å². The lowest BCUT2D eigenvalue weighted by molar-refractivity contribution is 0.621. The van der Waals surface area contributed by atoms with E-state index in [1.165, 1.54) is 5.56 Å². The molecule has 98 valence electrons. The van der Waals surface area contributed by atoms with Crippen LogP contribution in [0.5, 0.6) is 0 Å². The van der Waals surface area contributed by atoms with Crippen molar-refractivity contribution in [1.29, 1.82) is 0 Å². The Hall–Kier alpha value is -1.30. The third-order valence-corrected chi connectivity index (χ3v) is 4.24. The first kappa shape index (κ1) is 12.7. The fourth-order valence-electron chi connectivity index (χ4n) is 2.34. The summed E-state index contributed by atoms with van der Waals surface area (Å²) in [6, 6.07) is 13.8. The summed E-state index contributed by atoms with van der Waals surface area (Å²) in [6.07, 6.45) is 0. The third kappa shape index (κ3) is 2.68. The quantitative estimate of drug-likeness (QED) is 0.743. The minimum absolute atomic E-state index is 0.174. The zero-order valence-corrected chi connectivity index (χ0v) is 12.4. The number of benzene rings is 2. The van der Waals surface area contributed by atoms with Crippen LogP contribution in [-0.4, -0.2) is 13.1 Å². The van der Waals surface area contributed by atoms with Crippen LogP contribution < -0.4 is 10.6 Å². The molecule has 2 nitrogen and oxygen atoms in total. The minimum Gasteiger partial charge on any atom is -0.383 e. The molecule has 0 saturated carbocycles. The normalized spacial score (nSPS) is 17.9. The molecule has 0 bridgehead atoms. The molecule has 0 radical (unpaired) electrons. The largest absolute Gasteiger partial charge is 0.383 e. The summed E-state index contributed by atoms with van der Waals surface area (Å²) >= 11 is 2.02. The smallest absolute Gasteiger partial charge is 0.138 e. The van der Waals surface area contributed by atoms with Gasteiger partial charge in [-0.05, 0) is 34.2 Å². The summed E-state index contributed by atoms with van der Waals surface area (Å²) in [5.41, 5.74) is 3.12. The Bertz CT molecular complexity index is 553. The summed E-state index contributed by atoms with van der Waals surface area (Å²) in [7, 11) is 0. The molecule has 0 amide bonds. The Labute approximate surface area is 125 Å². The number of rotatable bonds is 1. The molecule has 0 aromatic heterocycles. The van der Waals surface area contributed by atoms with Crippen molar-refractivity contribution in [2.24, 2.45) is 0 Å². The number of nitrogens with one attached hydrogen (secondary N) is 2. The molecule has 19 heavy (non-hydrogen) atoms. The van der Waals surface area contributed by atoms with Crippen molar-refractivity contribution >= 4 is 34.0 Å². The number of halogens is 2. The SMILES string of the molecule is Fc1cc2c(cc1I)NCC(c1ccccc1)CN2. The number of anilines is 2. The van der Waals surface area contributed by atoms with Gasteiger partial charge < -0.3 is 10.6 Å². The highest BCUT2D eigenvalue weighted by Gasteiger charge is 2.18. The van der Waals surface area contributed by atoms with Gasteiger partial charge in [0.2, 0.25) is 0 Å². The topological polar surface area (TPSA) is 24.1 Å². The zero-order chi connectivity index (χ0) is 13.2. The first-order valence-corrected chi connectivity index (χ1v) is 7.33. The summed E-state index contributed by atoms with van der Waals surface area (Å²) in [4.78, 5) is 0. The second-order valence-electron chi connectivity index (χ2n) is 4.68. The molecule has 1 aliphatic heterocycles. The maximum absolute atomic E-state index is 13.6. The van der Waals surface area contributed by atoms with Gasteiger partial charge >= 0.3 is 0 Å². The monoisotopic (exact) mass is 368 g/mol. The summed E-state index contributed by atoms with van der Waals surface area (Å²) in [5, 5.41) is 6.74. The third-order valence-electron chi connectivity index (χ3n) is 3.41. The number of fused-ring (bicyclic) bond motifs is 1. The molecule has 4 heteroatoms. The van der Waals surface area contributed by atoms with Crippen LogP contribution in [-0.2, 0) is 0 Å². The predicted molar refractivity (Wildman–Crippen MR) is 85.3 cm³/mol. The molecule has 0 spiro atoms. The van der Waals surface area contributed by atoms with Crippen molar-refractivity contribution in [2.45, 2.75) is 5.92 Å². The van der Waals surface area contributed by atoms with Crippen LogP contribution in [0.3, 0.4) is 0 Å². The highest BCUT2D eigenvalue weighted by atomic mass is 127. The Morgan fingerprint density at radius 2 is 1.63 bits per heavy atom. The lowest BCUT2D eigenvalue weighted by Crippen LogP contribution is -2.16. The summed E-state index contributed by atoms with van der Waals surface area (Å²) < 4.78 is 14.2. The lowest BCUT2D eigenvalue weighted by atomic mass is 9.99. The van der Waals surface area contributed by atoms with E-state index >= 15 is 0 Å². The van der Waals surface area contributed by atoms with Crippen LogP contribution in [0, 0.1) is 9.39 Å². The van der Waals surface area contributed by atoms with E-state index in [0.29, 0.717) is 9.49 Å². The van der Waals surface area contributed by atoms with E-state index in [0.717, 1.165) is 24.5 Å². The molecule has 3 rings (SSSR count). The van der Waals surface area contributed by atoms with Gasteiger partial charge in [-0.3, -0.25) is 0 Å². The van der Waals surface area contributed by atoms with Gasteiger partial charge in [0.25, 0.3) is 0 Å². The van der Waals surface area contributed by atoms with Crippen LogP contribution in [0.15, 0.2) is 42.5 Å². The van der Waals surface area contributed by atoms with Gasteiger partial charge in [-0.2, -0.15) is 0 Å². The van der Waals surface area contributed by atoms with E-state index in [9.17, 15) is 4.39 Å². The molecule has 1 heterocycles. The Balaban J connectivity index is 1.85. The number of hydrogen-bond donors (Lipinski definition) is 2. The Kier molecular flexibility index (Phi) is 3.59. The molecular formula is C15H14FIN2. The van der Waals surface area contributed by atoms with Gasteiger partial charge in [0, 0.05) is 25.1 Å². The molecule has 2 N–H and O–H groups in total. The molecule has 0 fully saturated rings. The van der Waals surface area contributed by atoms with E-state index < -0.39 is 0 Å². The average Bonchev–Trinajstić information content (AvgIpc) is 2.63. The van der Waals surface area contributed by atoms with E-state index in [4.69, 9.17) is 0 Å². The zero-order valence-electron chi connectivity index (χ0n) is 10.3. The maximum atomic E-state index is 13.6. The molecule has 0 aliphatic carbocycles. The van der Waals surface area contributed by atoms with Crippen LogP contribution in [0.1, 0.15) is 11.5 Å². The van der Waals surface area contributed by atoms with Gasteiger partial charge in [-0.15, -0.1) is 0 Å². The Morgan fingerprint density at radius 1 is 1.00 bits per heavy atom. The second kappa shape index (κ2) is 5.36. The van der Waals surface area contributed by atoms with Gasteiger partial charge in [-0.25, -0.2) is 4.39 Å². The Morgan fingerprint density at radius 3 is 2.32 bits per heavy atom. The highest BCUT2D eigenvalue weighted by Crippen LogP contribution is 2.31. The molecule has 2 aromatic rings. The second-order valence-corrected chi connectivity index (χ2v) is 5.84. The summed E-state index contributed by atoms with van der Waals surface area (Å²) in [6.45, 7) is 1.66. The van der Waals surface area contributed by atoms with E-state index in [1.54, 1.807) is 6.07 Å².